The van der Waals surface area contributed by atoms with E-state index in [1.807, 2.05) is 0 Å². The lowest BCUT2D eigenvalue weighted by molar-refractivity contribution is -0.150. The molecular weight excluding hydrogens is 450 g/mol. The summed E-state index contributed by atoms with van der Waals surface area (Å²) < 4.78 is 5.02. The highest BCUT2D eigenvalue weighted by Crippen LogP contribution is 2.10. The van der Waals surface area contributed by atoms with Crippen LogP contribution in [0.5, 0.6) is 0 Å². The zero-order valence-corrected chi connectivity index (χ0v) is 18.3. The molecule has 0 spiro atoms. The van der Waals surface area contributed by atoms with Gasteiger partial charge in [-0.15, -0.1) is 0 Å². The smallest absolute Gasteiger partial charge is 0.408 e. The van der Waals surface area contributed by atoms with E-state index in [4.69, 9.17) is 25.2 Å². The summed E-state index contributed by atoms with van der Waals surface area (Å²) in [6.45, 7) is 0.642. The van der Waals surface area contributed by atoms with Gasteiger partial charge in [0, 0.05) is 6.42 Å². The SMILES string of the molecule is CC(C)(C)OC(=O)NC(CCC(=O)N(CC(=O)O)CC(=O)O)C(=O)N(CC(=O)O)CC(=O)O. The number of rotatable bonds is 13. The number of hydrogen-bond donors (Lipinski definition) is 5. The molecule has 0 aliphatic carbocycles. The second-order valence-corrected chi connectivity index (χ2v) is 7.76. The number of carbonyl (C=O) groups is 7. The highest BCUT2D eigenvalue weighted by atomic mass is 16.6. The van der Waals surface area contributed by atoms with Crippen LogP contribution in [0.2, 0.25) is 0 Å². The molecule has 0 fully saturated rings. The zero-order chi connectivity index (χ0) is 25.9. The van der Waals surface area contributed by atoms with Crippen molar-refractivity contribution in [2.45, 2.75) is 45.3 Å². The van der Waals surface area contributed by atoms with Crippen LogP contribution in [0.4, 0.5) is 4.79 Å². The van der Waals surface area contributed by atoms with Gasteiger partial charge in [-0.25, -0.2) is 4.79 Å². The van der Waals surface area contributed by atoms with Gasteiger partial charge in [0.25, 0.3) is 0 Å². The van der Waals surface area contributed by atoms with Gasteiger partial charge in [0.05, 0.1) is 0 Å². The van der Waals surface area contributed by atoms with Crippen LogP contribution in [0, 0.1) is 0 Å². The quantitative estimate of drug-likeness (QED) is 0.207. The van der Waals surface area contributed by atoms with Crippen molar-refractivity contribution in [3.63, 3.8) is 0 Å². The highest BCUT2D eigenvalue weighted by molar-refractivity contribution is 5.91. The largest absolute Gasteiger partial charge is 0.480 e. The monoisotopic (exact) mass is 477 g/mol. The fourth-order valence-electron chi connectivity index (χ4n) is 2.45. The molecule has 0 radical (unpaired) electrons. The van der Waals surface area contributed by atoms with E-state index in [1.165, 1.54) is 20.8 Å². The number of aliphatic carboxylic acids is 4. The zero-order valence-electron chi connectivity index (χ0n) is 18.3. The third-order valence-electron chi connectivity index (χ3n) is 3.60. The summed E-state index contributed by atoms with van der Waals surface area (Å²) in [4.78, 5) is 81.9. The average Bonchev–Trinajstić information content (AvgIpc) is 2.60. The molecule has 33 heavy (non-hydrogen) atoms. The first-order chi connectivity index (χ1) is 15.0. The predicted octanol–water partition coefficient (Wildman–Crippen LogP) is -1.34. The number of hydrogen-bond acceptors (Lipinski definition) is 8. The van der Waals surface area contributed by atoms with Crippen molar-refractivity contribution < 1.29 is 58.7 Å². The molecule has 0 saturated heterocycles. The van der Waals surface area contributed by atoms with Crippen LogP contribution in [0.25, 0.3) is 0 Å². The average molecular weight is 477 g/mol. The summed E-state index contributed by atoms with van der Waals surface area (Å²) in [5.41, 5.74) is -0.991. The van der Waals surface area contributed by atoms with Crippen LogP contribution in [0.1, 0.15) is 33.6 Å². The Hall–Kier alpha value is -3.91. The molecule has 1 unspecified atom stereocenters. The minimum Gasteiger partial charge on any atom is -0.480 e. The van der Waals surface area contributed by atoms with Gasteiger partial charge >= 0.3 is 30.0 Å². The van der Waals surface area contributed by atoms with Crippen LogP contribution >= 0.6 is 0 Å². The lowest BCUT2D eigenvalue weighted by atomic mass is 10.1. The number of alkyl carbamates (subject to hydrolysis) is 1. The second-order valence-electron chi connectivity index (χ2n) is 7.76. The van der Waals surface area contributed by atoms with E-state index in [1.54, 1.807) is 0 Å². The van der Waals surface area contributed by atoms with E-state index >= 15 is 0 Å². The molecule has 0 rings (SSSR count). The maximum Gasteiger partial charge on any atom is 0.408 e. The molecule has 0 bridgehead atoms. The Balaban J connectivity index is 5.69. The van der Waals surface area contributed by atoms with Crippen LogP contribution in [-0.2, 0) is 33.5 Å². The molecule has 15 heteroatoms. The Morgan fingerprint density at radius 1 is 0.758 bits per heavy atom. The van der Waals surface area contributed by atoms with Gasteiger partial charge in [-0.1, -0.05) is 0 Å². The first kappa shape index (κ1) is 29.1. The lowest BCUT2D eigenvalue weighted by Crippen LogP contribution is -2.52. The van der Waals surface area contributed by atoms with Gasteiger partial charge in [-0.3, -0.25) is 28.8 Å². The summed E-state index contributed by atoms with van der Waals surface area (Å²) >= 11 is 0. The van der Waals surface area contributed by atoms with Crippen molar-refractivity contribution in [2.75, 3.05) is 26.2 Å². The molecule has 0 aromatic carbocycles. The summed E-state index contributed by atoms with van der Waals surface area (Å²) in [5.74, 6) is -8.18. The molecule has 15 nitrogen and oxygen atoms in total. The van der Waals surface area contributed by atoms with E-state index in [0.717, 1.165) is 0 Å². The first-order valence-electron chi connectivity index (χ1n) is 9.45. The predicted molar refractivity (Wildman–Crippen MR) is 106 cm³/mol. The maximum absolute atomic E-state index is 12.8. The van der Waals surface area contributed by atoms with Gasteiger partial charge in [0.1, 0.15) is 37.8 Å². The Labute approximate surface area is 187 Å². The highest BCUT2D eigenvalue weighted by Gasteiger charge is 2.31. The fourth-order valence-corrected chi connectivity index (χ4v) is 2.45. The number of nitrogens with one attached hydrogen (secondary N) is 1. The minimum absolute atomic E-state index is 0.420. The van der Waals surface area contributed by atoms with Crippen molar-refractivity contribution in [1.29, 1.82) is 0 Å². The van der Waals surface area contributed by atoms with Crippen molar-refractivity contribution in [3.05, 3.63) is 0 Å². The molecule has 0 aliphatic heterocycles. The van der Waals surface area contributed by atoms with E-state index in [2.05, 4.69) is 5.32 Å². The van der Waals surface area contributed by atoms with Crippen molar-refractivity contribution in [3.8, 4) is 0 Å². The maximum atomic E-state index is 12.8. The first-order valence-corrected chi connectivity index (χ1v) is 9.45. The van der Waals surface area contributed by atoms with Crippen LogP contribution in [-0.4, -0.2) is 110 Å². The van der Waals surface area contributed by atoms with Crippen LogP contribution in [0.15, 0.2) is 0 Å². The third kappa shape index (κ3) is 13.2. The number of carboxylic acids is 4. The molecule has 1 atom stereocenters. The van der Waals surface area contributed by atoms with Gasteiger partial charge in [-0.2, -0.15) is 0 Å². The molecule has 0 aliphatic rings. The summed E-state index contributed by atoms with van der Waals surface area (Å²) in [6, 6.07) is -1.63. The van der Waals surface area contributed by atoms with Crippen molar-refractivity contribution >= 4 is 41.8 Å². The van der Waals surface area contributed by atoms with Crippen LogP contribution < -0.4 is 5.32 Å². The Morgan fingerprint density at radius 2 is 1.15 bits per heavy atom. The third-order valence-corrected chi connectivity index (χ3v) is 3.60. The Morgan fingerprint density at radius 3 is 1.52 bits per heavy atom. The van der Waals surface area contributed by atoms with Crippen molar-refractivity contribution in [2.24, 2.45) is 0 Å². The summed E-state index contributed by atoms with van der Waals surface area (Å²) in [6.07, 6.45) is -2.27. The molecule has 0 heterocycles. The summed E-state index contributed by atoms with van der Waals surface area (Å²) in [7, 11) is 0. The van der Waals surface area contributed by atoms with Gasteiger partial charge in [0.2, 0.25) is 11.8 Å². The van der Waals surface area contributed by atoms with Gasteiger partial charge < -0.3 is 40.3 Å². The second kappa shape index (κ2) is 12.8. The topological polar surface area (TPSA) is 228 Å². The summed E-state index contributed by atoms with van der Waals surface area (Å²) in [5, 5.41) is 37.7. The number of carboxylic acid groups (broad SMARTS) is 4. The lowest BCUT2D eigenvalue weighted by Gasteiger charge is -2.27. The van der Waals surface area contributed by atoms with E-state index in [9.17, 15) is 33.6 Å². The molecule has 0 aromatic rings. The molecular formula is C18H27N3O12. The number of amides is 3. The number of carbonyl (C=O) groups excluding carboxylic acids is 3. The van der Waals surface area contributed by atoms with Gasteiger partial charge in [-0.05, 0) is 27.2 Å². The number of nitrogens with zero attached hydrogens (tertiary/aromatic N) is 2. The minimum atomic E-state index is -1.63. The number of ether oxygens (including phenoxy) is 1. The Bertz CT molecular complexity index is 757. The molecule has 186 valence electrons. The van der Waals surface area contributed by atoms with E-state index < -0.39 is 92.4 Å². The van der Waals surface area contributed by atoms with Crippen LogP contribution in [0.3, 0.4) is 0 Å². The van der Waals surface area contributed by atoms with Gasteiger partial charge in [0.15, 0.2) is 0 Å². The normalized spacial score (nSPS) is 11.6. The molecule has 5 N–H and O–H groups in total. The van der Waals surface area contributed by atoms with E-state index in [0.29, 0.717) is 9.80 Å². The van der Waals surface area contributed by atoms with Crippen molar-refractivity contribution in [1.82, 2.24) is 15.1 Å². The molecule has 3 amide bonds. The standard InChI is InChI=1S/C18H27N3O12/c1-18(2,3)33-17(32)19-10(16(31)21(8-14(27)28)9-15(29)30)4-5-11(22)20(6-12(23)24)7-13(25)26/h10H,4-9H2,1-3H3,(H,19,32)(H,23,24)(H,25,26)(H,27,28)(H,29,30). The Kier molecular flexibility index (Phi) is 11.3. The molecule has 0 saturated carbocycles. The van der Waals surface area contributed by atoms with E-state index in [-0.39, 0.29) is 0 Å². The fraction of sp³-hybridized carbons (Fsp3) is 0.611. The molecule has 0 aromatic heterocycles.